The minimum Gasteiger partial charge on any atom is -0.497 e. The molecular formula is C18H18N4O3. The van der Waals surface area contributed by atoms with Crippen molar-refractivity contribution in [3.8, 4) is 28.4 Å². The Labute approximate surface area is 144 Å². The number of rotatable bonds is 5. The number of hydrogen-bond donors (Lipinski definition) is 2. The van der Waals surface area contributed by atoms with Gasteiger partial charge in [0.2, 0.25) is 0 Å². The second kappa shape index (κ2) is 7.06. The standard InChI is InChI=1S/C18H18N4O3/c1-24-13-8-9-14(17(10-13)25-2)16-11-15(18(23)20-19)21-22(16)12-6-4-3-5-7-12/h3-11H,19H2,1-2H3,(H,20,23). The lowest BCUT2D eigenvalue weighted by molar-refractivity contribution is 0.0948. The molecule has 0 fully saturated rings. The maximum Gasteiger partial charge on any atom is 0.285 e. The van der Waals surface area contributed by atoms with E-state index in [0.29, 0.717) is 17.2 Å². The fourth-order valence-corrected chi connectivity index (χ4v) is 2.53. The number of nitrogens with two attached hydrogens (primary N) is 1. The first kappa shape index (κ1) is 16.5. The van der Waals surface area contributed by atoms with E-state index >= 15 is 0 Å². The Hall–Kier alpha value is -3.32. The molecule has 1 heterocycles. The molecule has 1 amide bonds. The maximum atomic E-state index is 11.9. The summed E-state index contributed by atoms with van der Waals surface area (Å²) in [6, 6.07) is 16.6. The number of carbonyl (C=O) groups is 1. The van der Waals surface area contributed by atoms with Crippen LogP contribution in [-0.4, -0.2) is 29.9 Å². The molecule has 25 heavy (non-hydrogen) atoms. The van der Waals surface area contributed by atoms with Crippen molar-refractivity contribution in [2.45, 2.75) is 0 Å². The molecule has 2 aromatic carbocycles. The zero-order valence-corrected chi connectivity index (χ0v) is 13.9. The van der Waals surface area contributed by atoms with Crippen molar-refractivity contribution in [2.75, 3.05) is 14.2 Å². The smallest absolute Gasteiger partial charge is 0.285 e. The highest BCUT2D eigenvalue weighted by Gasteiger charge is 2.19. The van der Waals surface area contributed by atoms with Crippen molar-refractivity contribution in [3.63, 3.8) is 0 Å². The van der Waals surface area contributed by atoms with E-state index in [-0.39, 0.29) is 5.69 Å². The SMILES string of the molecule is COc1ccc(-c2cc(C(=O)NN)nn2-c2ccccc2)c(OC)c1. The summed E-state index contributed by atoms with van der Waals surface area (Å²) in [4.78, 5) is 11.9. The van der Waals surface area contributed by atoms with Crippen molar-refractivity contribution in [1.29, 1.82) is 0 Å². The van der Waals surface area contributed by atoms with Gasteiger partial charge in [0, 0.05) is 11.6 Å². The second-order valence-corrected chi connectivity index (χ2v) is 5.20. The normalized spacial score (nSPS) is 10.4. The molecule has 1 aromatic heterocycles. The quantitative estimate of drug-likeness (QED) is 0.423. The zero-order valence-electron chi connectivity index (χ0n) is 13.9. The highest BCUT2D eigenvalue weighted by atomic mass is 16.5. The van der Waals surface area contributed by atoms with E-state index in [1.54, 1.807) is 31.0 Å². The Balaban J connectivity index is 2.21. The van der Waals surface area contributed by atoms with Gasteiger partial charge in [-0.25, -0.2) is 10.5 Å². The number of methoxy groups -OCH3 is 2. The maximum absolute atomic E-state index is 11.9. The summed E-state index contributed by atoms with van der Waals surface area (Å²) >= 11 is 0. The average Bonchev–Trinajstić information content (AvgIpc) is 3.12. The lowest BCUT2D eigenvalue weighted by atomic mass is 10.1. The van der Waals surface area contributed by atoms with Crippen LogP contribution < -0.4 is 20.7 Å². The van der Waals surface area contributed by atoms with Gasteiger partial charge in [-0.1, -0.05) is 18.2 Å². The topological polar surface area (TPSA) is 91.4 Å². The molecule has 7 heteroatoms. The van der Waals surface area contributed by atoms with Gasteiger partial charge in [0.1, 0.15) is 11.5 Å². The third-order valence-electron chi connectivity index (χ3n) is 3.76. The summed E-state index contributed by atoms with van der Waals surface area (Å²) in [7, 11) is 3.17. The molecule has 0 spiro atoms. The number of para-hydroxylation sites is 1. The molecule has 7 nitrogen and oxygen atoms in total. The van der Waals surface area contributed by atoms with Crippen LogP contribution in [0.25, 0.3) is 16.9 Å². The molecule has 3 aromatic rings. The predicted molar refractivity (Wildman–Crippen MR) is 93.8 cm³/mol. The summed E-state index contributed by atoms with van der Waals surface area (Å²) in [5, 5.41) is 4.38. The molecule has 0 aliphatic carbocycles. The van der Waals surface area contributed by atoms with E-state index in [0.717, 1.165) is 11.3 Å². The summed E-state index contributed by atoms with van der Waals surface area (Å²) in [6.07, 6.45) is 0. The van der Waals surface area contributed by atoms with Gasteiger partial charge in [-0.15, -0.1) is 0 Å². The van der Waals surface area contributed by atoms with Gasteiger partial charge in [-0.3, -0.25) is 10.2 Å². The average molecular weight is 338 g/mol. The van der Waals surface area contributed by atoms with Crippen molar-refractivity contribution in [3.05, 3.63) is 60.3 Å². The number of benzene rings is 2. The van der Waals surface area contributed by atoms with Crippen LogP contribution in [0.3, 0.4) is 0 Å². The molecule has 0 unspecified atom stereocenters. The number of nitrogens with zero attached hydrogens (tertiary/aromatic N) is 2. The van der Waals surface area contributed by atoms with Gasteiger partial charge in [0.05, 0.1) is 25.6 Å². The molecule has 0 aliphatic rings. The van der Waals surface area contributed by atoms with Gasteiger partial charge in [0.25, 0.3) is 5.91 Å². The third kappa shape index (κ3) is 3.17. The molecule has 0 saturated heterocycles. The molecule has 0 radical (unpaired) electrons. The lowest BCUT2D eigenvalue weighted by Crippen LogP contribution is -2.30. The van der Waals surface area contributed by atoms with Crippen LogP contribution in [0.5, 0.6) is 11.5 Å². The van der Waals surface area contributed by atoms with Gasteiger partial charge in [0.15, 0.2) is 5.69 Å². The van der Waals surface area contributed by atoms with E-state index in [9.17, 15) is 4.79 Å². The molecule has 3 N–H and O–H groups in total. The number of ether oxygens (including phenoxy) is 2. The number of hydrazine groups is 1. The monoisotopic (exact) mass is 338 g/mol. The summed E-state index contributed by atoms with van der Waals surface area (Å²) in [5.41, 5.74) is 4.60. The second-order valence-electron chi connectivity index (χ2n) is 5.20. The summed E-state index contributed by atoms with van der Waals surface area (Å²) in [6.45, 7) is 0. The van der Waals surface area contributed by atoms with Crippen molar-refractivity contribution in [2.24, 2.45) is 5.84 Å². The van der Waals surface area contributed by atoms with Crippen LogP contribution in [0.2, 0.25) is 0 Å². The molecule has 0 atom stereocenters. The number of nitrogens with one attached hydrogen (secondary N) is 1. The molecule has 3 rings (SSSR count). The first-order valence-electron chi connectivity index (χ1n) is 7.56. The van der Waals surface area contributed by atoms with Crippen LogP contribution in [-0.2, 0) is 0 Å². The number of hydrogen-bond acceptors (Lipinski definition) is 5. The first-order chi connectivity index (χ1) is 12.2. The molecule has 128 valence electrons. The van der Waals surface area contributed by atoms with E-state index in [2.05, 4.69) is 10.5 Å². The van der Waals surface area contributed by atoms with E-state index in [1.165, 1.54) is 0 Å². The Morgan fingerprint density at radius 3 is 2.48 bits per heavy atom. The van der Waals surface area contributed by atoms with Crippen LogP contribution in [0.15, 0.2) is 54.6 Å². The highest BCUT2D eigenvalue weighted by molar-refractivity contribution is 5.93. The minimum atomic E-state index is -0.469. The number of aromatic nitrogens is 2. The molecular weight excluding hydrogens is 320 g/mol. The zero-order chi connectivity index (χ0) is 17.8. The first-order valence-corrected chi connectivity index (χ1v) is 7.56. The van der Waals surface area contributed by atoms with Gasteiger partial charge in [-0.05, 0) is 30.3 Å². The van der Waals surface area contributed by atoms with Crippen molar-refractivity contribution in [1.82, 2.24) is 15.2 Å². The largest absolute Gasteiger partial charge is 0.497 e. The van der Waals surface area contributed by atoms with Gasteiger partial charge < -0.3 is 9.47 Å². The van der Waals surface area contributed by atoms with Crippen molar-refractivity contribution < 1.29 is 14.3 Å². The van der Waals surface area contributed by atoms with E-state index < -0.39 is 5.91 Å². The van der Waals surface area contributed by atoms with Crippen LogP contribution in [0.4, 0.5) is 0 Å². The van der Waals surface area contributed by atoms with Crippen LogP contribution in [0.1, 0.15) is 10.5 Å². The van der Waals surface area contributed by atoms with Gasteiger partial charge >= 0.3 is 0 Å². The lowest BCUT2D eigenvalue weighted by Gasteiger charge is -2.12. The number of amides is 1. The minimum absolute atomic E-state index is 0.208. The van der Waals surface area contributed by atoms with Gasteiger partial charge in [-0.2, -0.15) is 5.10 Å². The van der Waals surface area contributed by atoms with Crippen LogP contribution in [0, 0.1) is 0 Å². The third-order valence-corrected chi connectivity index (χ3v) is 3.76. The van der Waals surface area contributed by atoms with Crippen LogP contribution >= 0.6 is 0 Å². The number of carbonyl (C=O) groups excluding carboxylic acids is 1. The fraction of sp³-hybridized carbons (Fsp3) is 0.111. The Morgan fingerprint density at radius 1 is 1.08 bits per heavy atom. The van der Waals surface area contributed by atoms with E-state index in [4.69, 9.17) is 15.3 Å². The predicted octanol–water partition coefficient (Wildman–Crippen LogP) is 2.16. The number of nitrogen functional groups attached to an aromatic ring is 1. The van der Waals surface area contributed by atoms with E-state index in [1.807, 2.05) is 42.5 Å². The molecule has 0 aliphatic heterocycles. The highest BCUT2D eigenvalue weighted by Crippen LogP contribution is 2.34. The summed E-state index contributed by atoms with van der Waals surface area (Å²) in [5.74, 6) is 6.06. The molecule has 0 bridgehead atoms. The Morgan fingerprint density at radius 2 is 1.84 bits per heavy atom. The Kier molecular flexibility index (Phi) is 4.67. The fourth-order valence-electron chi connectivity index (χ4n) is 2.53. The summed E-state index contributed by atoms with van der Waals surface area (Å²) < 4.78 is 12.4. The van der Waals surface area contributed by atoms with Crippen molar-refractivity contribution >= 4 is 5.91 Å². The Bertz CT molecular complexity index is 891. The molecule has 0 saturated carbocycles.